The number of phenolic OH excluding ortho intramolecular Hbond substituents is 1. The number of carbonyl (C=O) groups is 2. The van der Waals surface area contributed by atoms with Crippen LogP contribution in [0.2, 0.25) is 0 Å². The highest BCUT2D eigenvalue weighted by Crippen LogP contribution is 2.51. The van der Waals surface area contributed by atoms with Gasteiger partial charge in [0.25, 0.3) is 5.91 Å². The minimum Gasteiger partial charge on any atom is -0.507 e. The van der Waals surface area contributed by atoms with Gasteiger partial charge < -0.3 is 20.1 Å². The second-order valence-electron chi connectivity index (χ2n) is 7.65. The number of carboxylic acid groups (broad SMARTS) is 1. The van der Waals surface area contributed by atoms with Gasteiger partial charge in [-0.1, -0.05) is 22.0 Å². The molecule has 0 saturated heterocycles. The van der Waals surface area contributed by atoms with Crippen molar-refractivity contribution < 1.29 is 29.6 Å². The Morgan fingerprint density at radius 2 is 2.04 bits per heavy atom. The first kappa shape index (κ1) is 18.8. The van der Waals surface area contributed by atoms with E-state index in [4.69, 9.17) is 4.74 Å². The number of fused-ring (bicyclic) bond motifs is 2. The highest BCUT2D eigenvalue weighted by molar-refractivity contribution is 9.10. The highest BCUT2D eigenvalue weighted by atomic mass is 79.9. The number of carboxylic acids is 1. The van der Waals surface area contributed by atoms with Crippen LogP contribution in [0.15, 0.2) is 34.8 Å². The van der Waals surface area contributed by atoms with Gasteiger partial charge in [-0.2, -0.15) is 0 Å². The zero-order chi connectivity index (χ0) is 20.4. The van der Waals surface area contributed by atoms with Crippen LogP contribution >= 0.6 is 15.9 Å². The van der Waals surface area contributed by atoms with Gasteiger partial charge in [-0.05, 0) is 37.6 Å². The fourth-order valence-corrected chi connectivity index (χ4v) is 4.62. The number of hydrogen-bond acceptors (Lipinski definition) is 5. The van der Waals surface area contributed by atoms with E-state index in [9.17, 15) is 24.9 Å². The van der Waals surface area contributed by atoms with Gasteiger partial charge in [0, 0.05) is 28.1 Å². The third-order valence-corrected chi connectivity index (χ3v) is 5.72. The molecule has 0 saturated carbocycles. The van der Waals surface area contributed by atoms with Crippen LogP contribution < -0.4 is 9.64 Å². The number of halogens is 1. The number of anilines is 1. The monoisotopic (exact) mass is 447 g/mol. The maximum absolute atomic E-state index is 13.2. The first-order valence-electron chi connectivity index (χ1n) is 8.65. The maximum atomic E-state index is 13.2. The van der Waals surface area contributed by atoms with E-state index in [-0.39, 0.29) is 22.6 Å². The molecule has 0 radical (unpaired) electrons. The van der Waals surface area contributed by atoms with Crippen molar-refractivity contribution in [3.63, 3.8) is 0 Å². The predicted molar refractivity (Wildman–Crippen MR) is 104 cm³/mol. The Hall–Kier alpha value is -2.58. The van der Waals surface area contributed by atoms with Crippen LogP contribution in [0.1, 0.15) is 30.5 Å². The molecular weight excluding hydrogens is 430 g/mol. The minimum atomic E-state index is -2.23. The van der Waals surface area contributed by atoms with Crippen LogP contribution in [-0.4, -0.2) is 39.3 Å². The first-order valence-corrected chi connectivity index (χ1v) is 9.44. The summed E-state index contributed by atoms with van der Waals surface area (Å²) in [4.78, 5) is 25.5. The number of amides is 1. The number of ether oxygens (including phenoxy) is 1. The minimum absolute atomic E-state index is 0.00131. The Kier molecular flexibility index (Phi) is 3.99. The fourth-order valence-electron chi connectivity index (χ4n) is 3.98. The highest BCUT2D eigenvalue weighted by Gasteiger charge is 2.54. The van der Waals surface area contributed by atoms with Crippen LogP contribution in [0, 0.1) is 0 Å². The van der Waals surface area contributed by atoms with Gasteiger partial charge in [-0.25, -0.2) is 0 Å². The molecule has 1 atom stereocenters. The second kappa shape index (κ2) is 5.96. The molecule has 28 heavy (non-hydrogen) atoms. The summed E-state index contributed by atoms with van der Waals surface area (Å²) in [5, 5.41) is 31.4. The average molecular weight is 448 g/mol. The van der Waals surface area contributed by atoms with Crippen molar-refractivity contribution in [3.05, 3.63) is 51.5 Å². The van der Waals surface area contributed by atoms with Crippen LogP contribution in [-0.2, 0) is 21.6 Å². The van der Waals surface area contributed by atoms with Crippen LogP contribution in [0.25, 0.3) is 0 Å². The normalized spacial score (nSPS) is 22.0. The number of benzene rings is 2. The van der Waals surface area contributed by atoms with Crippen molar-refractivity contribution in [2.24, 2.45) is 0 Å². The number of hydrogen-bond donors (Lipinski definition) is 3. The lowest BCUT2D eigenvalue weighted by atomic mass is 9.85. The molecule has 2 aliphatic heterocycles. The van der Waals surface area contributed by atoms with E-state index < -0.39 is 29.6 Å². The van der Waals surface area contributed by atoms with Crippen LogP contribution in [0.3, 0.4) is 0 Å². The molecule has 0 aliphatic carbocycles. The predicted octanol–water partition coefficient (Wildman–Crippen LogP) is 2.54. The van der Waals surface area contributed by atoms with Crippen LogP contribution in [0.4, 0.5) is 5.69 Å². The second-order valence-corrected chi connectivity index (χ2v) is 8.50. The molecular formula is C20H18BrNO6. The van der Waals surface area contributed by atoms with Gasteiger partial charge in [0.1, 0.15) is 23.6 Å². The zero-order valence-corrected chi connectivity index (χ0v) is 16.8. The molecule has 0 fully saturated rings. The summed E-state index contributed by atoms with van der Waals surface area (Å²) in [5.41, 5.74) is -1.46. The number of phenols is 1. The van der Waals surface area contributed by atoms with Crippen molar-refractivity contribution >= 4 is 33.5 Å². The lowest BCUT2D eigenvalue weighted by Crippen LogP contribution is -2.43. The molecule has 8 heteroatoms. The number of aliphatic hydroxyl groups is 1. The smallest absolute Gasteiger partial charge is 0.323 e. The third-order valence-electron chi connectivity index (χ3n) is 5.06. The SMILES string of the molecule is CC1(C)Cc2cc(C3(O)C(=O)N(CC(=O)O)c4cccc(Br)c43)c(O)cc2O1. The summed E-state index contributed by atoms with van der Waals surface area (Å²) in [6.45, 7) is 3.20. The van der Waals surface area contributed by atoms with Gasteiger partial charge in [0.2, 0.25) is 5.60 Å². The summed E-state index contributed by atoms with van der Waals surface area (Å²) < 4.78 is 6.23. The number of aliphatic carboxylic acids is 1. The van der Waals surface area contributed by atoms with E-state index in [0.717, 1.165) is 10.5 Å². The van der Waals surface area contributed by atoms with Gasteiger partial charge in [0.05, 0.1) is 5.69 Å². The first-order chi connectivity index (χ1) is 13.0. The number of carbonyl (C=O) groups excluding carboxylic acids is 1. The summed E-state index contributed by atoms with van der Waals surface area (Å²) in [7, 11) is 0. The average Bonchev–Trinajstić information content (AvgIpc) is 3.00. The lowest BCUT2D eigenvalue weighted by Gasteiger charge is -2.25. The van der Waals surface area contributed by atoms with E-state index in [1.165, 1.54) is 6.07 Å². The largest absolute Gasteiger partial charge is 0.507 e. The summed E-state index contributed by atoms with van der Waals surface area (Å²) in [6, 6.07) is 7.81. The van der Waals surface area contributed by atoms with E-state index in [2.05, 4.69) is 15.9 Å². The number of nitrogens with zero attached hydrogens (tertiary/aromatic N) is 1. The fraction of sp³-hybridized carbons (Fsp3) is 0.300. The summed E-state index contributed by atoms with van der Waals surface area (Å²) in [6.07, 6.45) is 0.543. The molecule has 2 aliphatic rings. The molecule has 4 rings (SSSR count). The van der Waals surface area contributed by atoms with Crippen molar-refractivity contribution in [3.8, 4) is 11.5 Å². The molecule has 2 heterocycles. The Bertz CT molecular complexity index is 1030. The van der Waals surface area contributed by atoms with Crippen molar-refractivity contribution in [2.75, 3.05) is 11.4 Å². The van der Waals surface area contributed by atoms with E-state index >= 15 is 0 Å². The van der Waals surface area contributed by atoms with Gasteiger partial charge in [-0.3, -0.25) is 14.5 Å². The maximum Gasteiger partial charge on any atom is 0.323 e. The Morgan fingerprint density at radius 1 is 1.32 bits per heavy atom. The molecule has 146 valence electrons. The molecule has 0 spiro atoms. The Balaban J connectivity index is 1.94. The number of rotatable bonds is 3. The zero-order valence-electron chi connectivity index (χ0n) is 15.2. The van der Waals surface area contributed by atoms with Gasteiger partial charge in [-0.15, -0.1) is 0 Å². The molecule has 7 nitrogen and oxygen atoms in total. The third kappa shape index (κ3) is 2.59. The molecule has 1 unspecified atom stereocenters. The topological polar surface area (TPSA) is 107 Å². The van der Waals surface area contributed by atoms with E-state index in [1.54, 1.807) is 24.3 Å². The van der Waals surface area contributed by atoms with Gasteiger partial charge >= 0.3 is 5.97 Å². The summed E-state index contributed by atoms with van der Waals surface area (Å²) in [5.74, 6) is -1.84. The van der Waals surface area contributed by atoms with E-state index in [1.807, 2.05) is 13.8 Å². The molecule has 3 N–H and O–H groups in total. The molecule has 1 amide bonds. The van der Waals surface area contributed by atoms with Gasteiger partial charge in [0.15, 0.2) is 0 Å². The number of aromatic hydroxyl groups is 1. The molecule has 0 aromatic heterocycles. The van der Waals surface area contributed by atoms with Crippen molar-refractivity contribution in [2.45, 2.75) is 31.5 Å². The van der Waals surface area contributed by atoms with Crippen LogP contribution in [0.5, 0.6) is 11.5 Å². The summed E-state index contributed by atoms with van der Waals surface area (Å²) >= 11 is 3.35. The van der Waals surface area contributed by atoms with Crippen molar-refractivity contribution in [1.82, 2.24) is 0 Å². The van der Waals surface area contributed by atoms with E-state index in [0.29, 0.717) is 16.6 Å². The molecule has 0 bridgehead atoms. The lowest BCUT2D eigenvalue weighted by molar-refractivity contribution is -0.139. The quantitative estimate of drug-likeness (QED) is 0.667. The van der Waals surface area contributed by atoms with Crippen molar-refractivity contribution in [1.29, 1.82) is 0 Å². The Morgan fingerprint density at radius 3 is 2.71 bits per heavy atom. The standard InChI is InChI=1S/C20H18BrNO6/c1-19(2)8-10-6-11(14(23)7-15(10)28-19)20(27)17-12(21)4-3-5-13(17)22(18(20)26)9-16(24)25/h3-7,23,27H,8-9H2,1-2H3,(H,24,25). The molecule has 2 aromatic carbocycles. The molecule has 2 aromatic rings. The Labute approximate surface area is 169 Å².